The Morgan fingerprint density at radius 2 is 2.29 bits per heavy atom. The molecule has 2 rings (SSSR count). The number of nitrogen functional groups attached to an aromatic ring is 1. The van der Waals surface area contributed by atoms with E-state index in [1.54, 1.807) is 11.5 Å². The lowest BCUT2D eigenvalue weighted by atomic mass is 9.96. The number of H-pyrrole nitrogens is 1. The smallest absolute Gasteiger partial charge is 0.280 e. The van der Waals surface area contributed by atoms with E-state index in [2.05, 4.69) is 21.5 Å². The molecule has 7 N–H and O–H groups in total. The molecule has 0 amide bonds. The van der Waals surface area contributed by atoms with Crippen molar-refractivity contribution in [2.24, 2.45) is 5.92 Å². The van der Waals surface area contributed by atoms with Gasteiger partial charge in [-0.2, -0.15) is 4.98 Å². The summed E-state index contributed by atoms with van der Waals surface area (Å²) < 4.78 is 1.61. The van der Waals surface area contributed by atoms with Gasteiger partial charge in [0.15, 0.2) is 11.2 Å². The summed E-state index contributed by atoms with van der Waals surface area (Å²) in [6.07, 6.45) is 0.734. The van der Waals surface area contributed by atoms with Crippen LogP contribution in [0.4, 0.5) is 5.95 Å². The Morgan fingerprint density at radius 1 is 1.62 bits per heavy atom. The molecule has 0 fully saturated rings. The minimum absolute atomic E-state index is 0. The number of aliphatic hydroxyl groups is 2. The summed E-state index contributed by atoms with van der Waals surface area (Å²) in [6, 6.07) is 0. The summed E-state index contributed by atoms with van der Waals surface area (Å²) in [5.74, 6) is -0.448. The third-order valence-corrected chi connectivity index (χ3v) is 3.17. The van der Waals surface area contributed by atoms with Gasteiger partial charge in [-0.05, 0) is 12.5 Å². The Labute approximate surface area is 120 Å². The van der Waals surface area contributed by atoms with Crippen molar-refractivity contribution in [2.75, 3.05) is 12.3 Å². The Morgan fingerprint density at radius 3 is 2.86 bits per heavy atom. The monoisotopic (exact) mass is 297 g/mol. The van der Waals surface area contributed by atoms with E-state index in [-0.39, 0.29) is 30.1 Å². The van der Waals surface area contributed by atoms with Crippen molar-refractivity contribution in [3.05, 3.63) is 28.8 Å². The van der Waals surface area contributed by atoms with E-state index >= 15 is 0 Å². The van der Waals surface area contributed by atoms with Crippen molar-refractivity contribution in [1.82, 2.24) is 19.5 Å². The van der Waals surface area contributed by atoms with Gasteiger partial charge in [0.1, 0.15) is 0 Å². The fourth-order valence-corrected chi connectivity index (χ4v) is 2.05. The number of nitrogens with one attached hydrogen (secondary N) is 1. The van der Waals surface area contributed by atoms with E-state index in [9.17, 15) is 15.0 Å². The van der Waals surface area contributed by atoms with Crippen LogP contribution in [0.2, 0.25) is 0 Å². The Hall–Kier alpha value is -2.23. The molecule has 0 unspecified atom stereocenters. The SMILES string of the molecule is C=C(Cn1cnc2c(=O)[nH]c(N)nc21)[C@H](CO)[C@H](C)O.O. The summed E-state index contributed by atoms with van der Waals surface area (Å²) in [4.78, 5) is 22.0. The summed E-state index contributed by atoms with van der Waals surface area (Å²) in [7, 11) is 0. The van der Waals surface area contributed by atoms with Crippen molar-refractivity contribution >= 4 is 17.1 Å². The van der Waals surface area contributed by atoms with Gasteiger partial charge < -0.3 is 26.0 Å². The number of rotatable bonds is 5. The number of fused-ring (bicyclic) bond motifs is 1. The molecular weight excluding hydrogens is 278 g/mol. The van der Waals surface area contributed by atoms with Crippen LogP contribution in [0.3, 0.4) is 0 Å². The number of hydrogen-bond donors (Lipinski definition) is 4. The first-order valence-electron chi connectivity index (χ1n) is 6.11. The summed E-state index contributed by atoms with van der Waals surface area (Å²) in [5.41, 5.74) is 6.24. The average Bonchev–Trinajstić information content (AvgIpc) is 2.73. The van der Waals surface area contributed by atoms with Gasteiger partial charge in [0.2, 0.25) is 5.95 Å². The van der Waals surface area contributed by atoms with Gasteiger partial charge in [-0.25, -0.2) is 4.98 Å². The van der Waals surface area contributed by atoms with E-state index < -0.39 is 17.6 Å². The van der Waals surface area contributed by atoms with E-state index in [4.69, 9.17) is 5.73 Å². The third-order valence-electron chi connectivity index (χ3n) is 3.17. The molecule has 0 aromatic carbocycles. The molecule has 0 aliphatic rings. The zero-order valence-corrected chi connectivity index (χ0v) is 11.6. The molecule has 116 valence electrons. The Balaban J connectivity index is 0.00000220. The molecule has 0 saturated carbocycles. The van der Waals surface area contributed by atoms with Crippen molar-refractivity contribution in [1.29, 1.82) is 0 Å². The van der Waals surface area contributed by atoms with E-state index in [1.807, 2.05) is 0 Å². The highest BCUT2D eigenvalue weighted by Gasteiger charge is 2.19. The molecule has 9 heteroatoms. The second-order valence-corrected chi connectivity index (χ2v) is 4.68. The second-order valence-electron chi connectivity index (χ2n) is 4.68. The Kier molecular flexibility index (Phi) is 5.19. The van der Waals surface area contributed by atoms with Crippen LogP contribution in [0, 0.1) is 5.92 Å². The zero-order chi connectivity index (χ0) is 14.9. The maximum atomic E-state index is 11.6. The van der Waals surface area contributed by atoms with Crippen molar-refractivity contribution in [3.8, 4) is 0 Å². The number of imidazole rings is 1. The number of aromatic nitrogens is 4. The fourth-order valence-electron chi connectivity index (χ4n) is 2.05. The van der Waals surface area contributed by atoms with Gasteiger partial charge in [-0.1, -0.05) is 6.58 Å². The van der Waals surface area contributed by atoms with Crippen LogP contribution in [0.15, 0.2) is 23.3 Å². The topological polar surface area (TPSA) is 162 Å². The molecule has 2 heterocycles. The maximum absolute atomic E-state index is 11.6. The molecule has 0 spiro atoms. The van der Waals surface area contributed by atoms with Gasteiger partial charge in [0.05, 0.1) is 19.0 Å². The third kappa shape index (κ3) is 3.27. The molecule has 0 radical (unpaired) electrons. The minimum atomic E-state index is -0.719. The second kappa shape index (κ2) is 6.48. The highest BCUT2D eigenvalue weighted by Crippen LogP contribution is 2.17. The molecule has 9 nitrogen and oxygen atoms in total. The summed E-state index contributed by atoms with van der Waals surface area (Å²) >= 11 is 0. The molecular formula is C12H19N5O4. The summed E-state index contributed by atoms with van der Waals surface area (Å²) in [5, 5.41) is 18.8. The maximum Gasteiger partial charge on any atom is 0.280 e. The van der Waals surface area contributed by atoms with Gasteiger partial charge in [-0.15, -0.1) is 0 Å². The zero-order valence-electron chi connectivity index (χ0n) is 11.6. The largest absolute Gasteiger partial charge is 0.412 e. The van der Waals surface area contributed by atoms with E-state index in [1.165, 1.54) is 6.33 Å². The number of aliphatic hydroxyl groups excluding tert-OH is 2. The standard InChI is InChI=1S/C12H17N5O3.H2O/c1-6(8(4-18)7(2)19)3-17-5-14-9-10(17)15-12(13)16-11(9)20;/h5,7-8,18-19H,1,3-4H2,2H3,(H3,13,15,16,20);1H2/t7-,8-;/m0./s1. The molecule has 0 aliphatic carbocycles. The lowest BCUT2D eigenvalue weighted by Gasteiger charge is -2.20. The van der Waals surface area contributed by atoms with Crippen LogP contribution in [0.5, 0.6) is 0 Å². The first-order chi connectivity index (χ1) is 9.43. The van der Waals surface area contributed by atoms with Crippen molar-refractivity contribution < 1.29 is 15.7 Å². The normalized spacial score (nSPS) is 13.7. The van der Waals surface area contributed by atoms with Crippen LogP contribution in [-0.4, -0.2) is 47.9 Å². The van der Waals surface area contributed by atoms with E-state index in [0.717, 1.165) is 0 Å². The number of aromatic amines is 1. The number of anilines is 1. The van der Waals surface area contributed by atoms with Gasteiger partial charge >= 0.3 is 0 Å². The predicted octanol–water partition coefficient (Wildman–Crippen LogP) is -1.58. The number of nitrogens with zero attached hydrogens (tertiary/aromatic N) is 3. The molecule has 0 bridgehead atoms. The quantitative estimate of drug-likeness (QED) is 0.487. The van der Waals surface area contributed by atoms with Gasteiger partial charge in [0.25, 0.3) is 5.56 Å². The molecule has 2 aromatic heterocycles. The summed E-state index contributed by atoms with van der Waals surface area (Å²) in [6.45, 7) is 5.51. The highest BCUT2D eigenvalue weighted by atomic mass is 16.3. The average molecular weight is 297 g/mol. The lowest BCUT2D eigenvalue weighted by molar-refractivity contribution is 0.0981. The molecule has 21 heavy (non-hydrogen) atoms. The fraction of sp³-hybridized carbons (Fsp3) is 0.417. The Bertz CT molecular complexity index is 691. The minimum Gasteiger partial charge on any atom is -0.412 e. The first kappa shape index (κ1) is 16.8. The number of hydrogen-bond acceptors (Lipinski definition) is 6. The number of nitrogens with two attached hydrogens (primary N) is 1. The molecule has 0 aliphatic heterocycles. The lowest BCUT2D eigenvalue weighted by Crippen LogP contribution is -2.24. The molecule has 2 aromatic rings. The van der Waals surface area contributed by atoms with Gasteiger partial charge in [-0.3, -0.25) is 9.78 Å². The van der Waals surface area contributed by atoms with Crippen LogP contribution < -0.4 is 11.3 Å². The van der Waals surface area contributed by atoms with Gasteiger partial charge in [0, 0.05) is 12.5 Å². The van der Waals surface area contributed by atoms with Crippen LogP contribution >= 0.6 is 0 Å². The molecule has 2 atom stereocenters. The van der Waals surface area contributed by atoms with Crippen LogP contribution in [-0.2, 0) is 6.54 Å². The van der Waals surface area contributed by atoms with Crippen molar-refractivity contribution in [3.63, 3.8) is 0 Å². The first-order valence-corrected chi connectivity index (χ1v) is 6.11. The van der Waals surface area contributed by atoms with Crippen molar-refractivity contribution in [2.45, 2.75) is 19.6 Å². The molecule has 0 saturated heterocycles. The van der Waals surface area contributed by atoms with Crippen LogP contribution in [0.25, 0.3) is 11.2 Å². The predicted molar refractivity (Wildman–Crippen MR) is 77.6 cm³/mol. The van der Waals surface area contributed by atoms with Crippen LogP contribution in [0.1, 0.15) is 6.92 Å². The highest BCUT2D eigenvalue weighted by molar-refractivity contribution is 5.70. The van der Waals surface area contributed by atoms with E-state index in [0.29, 0.717) is 11.2 Å².